The molecule has 2 aromatic carbocycles. The summed E-state index contributed by atoms with van der Waals surface area (Å²) in [5.74, 6) is -3.11. The maximum atomic E-state index is 14.1. The molecule has 0 fully saturated rings. The van der Waals surface area contributed by atoms with Gasteiger partial charge in [-0.15, -0.1) is 0 Å². The lowest BCUT2D eigenvalue weighted by atomic mass is 9.80. The summed E-state index contributed by atoms with van der Waals surface area (Å²) in [7, 11) is 0. The Balaban J connectivity index is 1.87. The zero-order chi connectivity index (χ0) is 31.2. The highest BCUT2D eigenvalue weighted by atomic mass is 19.4. The van der Waals surface area contributed by atoms with E-state index in [-0.39, 0.29) is 12.1 Å². The molecule has 2 atom stereocenters. The summed E-state index contributed by atoms with van der Waals surface area (Å²) in [6.07, 6.45) is -17.0. The van der Waals surface area contributed by atoms with Gasteiger partial charge in [0.25, 0.3) is 0 Å². The van der Waals surface area contributed by atoms with E-state index < -0.39 is 104 Å². The van der Waals surface area contributed by atoms with Gasteiger partial charge < -0.3 is 0 Å². The zero-order valence-corrected chi connectivity index (χ0v) is 19.9. The highest BCUT2D eigenvalue weighted by Gasteiger charge is 2.51. The fourth-order valence-electron chi connectivity index (χ4n) is 5.49. The number of benzene rings is 2. The summed E-state index contributed by atoms with van der Waals surface area (Å²) in [6, 6.07) is 0.310. The Kier molecular flexibility index (Phi) is 6.16. The summed E-state index contributed by atoms with van der Waals surface area (Å²) >= 11 is 0. The molecular weight excluding hydrogens is 596 g/mol. The van der Waals surface area contributed by atoms with Crippen LogP contribution in [-0.4, -0.2) is 11.4 Å². The number of fused-ring (bicyclic) bond motifs is 6. The van der Waals surface area contributed by atoms with E-state index in [9.17, 15) is 63.2 Å². The molecule has 3 aliphatic carbocycles. The number of aliphatic imine (C=N–C) groups is 2. The summed E-state index contributed by atoms with van der Waals surface area (Å²) in [6.45, 7) is 0. The molecule has 0 amide bonds. The van der Waals surface area contributed by atoms with Crippen LogP contribution >= 0.6 is 0 Å². The van der Waals surface area contributed by atoms with E-state index in [1.807, 2.05) is 0 Å². The number of halogens is 12. The maximum absolute atomic E-state index is 14.1. The lowest BCUT2D eigenvalue weighted by molar-refractivity contribution is -0.145. The van der Waals surface area contributed by atoms with Crippen LogP contribution in [0.1, 0.15) is 50.4 Å². The van der Waals surface area contributed by atoms with Crippen molar-refractivity contribution < 1.29 is 52.7 Å². The van der Waals surface area contributed by atoms with E-state index in [0.717, 1.165) is 12.2 Å². The van der Waals surface area contributed by atoms with Gasteiger partial charge in [0.1, 0.15) is 0 Å². The second-order valence-corrected chi connectivity index (χ2v) is 9.29. The van der Waals surface area contributed by atoms with Gasteiger partial charge >= 0.3 is 24.7 Å². The van der Waals surface area contributed by atoms with E-state index in [1.54, 1.807) is 0 Å². The predicted molar refractivity (Wildman–Crippen MR) is 119 cm³/mol. The SMILES string of the molecule is N#C/N=C1/C2=CC3c4c(cc(C(F)(F)F)cc4C(F)(F)F)/C(=N\C#N)C3C=C2c2c1cc(C(F)(F)F)cc2C(F)(F)F. The summed E-state index contributed by atoms with van der Waals surface area (Å²) < 4.78 is 166. The first kappa shape index (κ1) is 28.9. The quantitative estimate of drug-likeness (QED) is 0.226. The van der Waals surface area contributed by atoms with Gasteiger partial charge in [-0.1, -0.05) is 12.2 Å². The Morgan fingerprint density at radius 3 is 1.57 bits per heavy atom. The molecule has 0 heterocycles. The van der Waals surface area contributed by atoms with Crippen LogP contribution < -0.4 is 0 Å². The third kappa shape index (κ3) is 4.42. The molecular formula is C26H8F12N4. The smallest absolute Gasteiger partial charge is 0.177 e. The van der Waals surface area contributed by atoms with Crippen molar-refractivity contribution in [3.05, 3.63) is 86.5 Å². The Morgan fingerprint density at radius 2 is 1.07 bits per heavy atom. The first-order valence-electron chi connectivity index (χ1n) is 11.3. The molecule has 2 aromatic rings. The molecule has 16 heteroatoms. The highest BCUT2D eigenvalue weighted by Crippen LogP contribution is 2.56. The zero-order valence-electron chi connectivity index (χ0n) is 19.9. The number of nitriles is 2. The predicted octanol–water partition coefficient (Wildman–Crippen LogP) is 8.05. The van der Waals surface area contributed by atoms with Crippen molar-refractivity contribution in [1.29, 1.82) is 10.5 Å². The van der Waals surface area contributed by atoms with Gasteiger partial charge in [-0.25, -0.2) is 0 Å². The fraction of sp³-hybridized carbons (Fsp3) is 0.231. The van der Waals surface area contributed by atoms with Crippen LogP contribution in [0.4, 0.5) is 52.7 Å². The first-order valence-corrected chi connectivity index (χ1v) is 11.3. The second kappa shape index (κ2) is 8.95. The minimum atomic E-state index is -5.40. The summed E-state index contributed by atoms with van der Waals surface area (Å²) in [5, 5.41) is 18.4. The Morgan fingerprint density at radius 1 is 0.571 bits per heavy atom. The lowest BCUT2D eigenvalue weighted by Crippen LogP contribution is -2.18. The van der Waals surface area contributed by atoms with Crippen molar-refractivity contribution in [3.63, 3.8) is 0 Å². The standard InChI is InChI=1S/C26H8F12N4/c27-23(28,29)9-1-15-19(17(3-9)25(33,34)35)11-5-14-12(6-13(11)21(15)41-7-39)20-16(22(14)42-8-40)2-10(24(30,31)32)4-18(20)26(36,37)38/h1-6,11,13H/b41-21-,42-22-. The molecule has 3 aliphatic rings. The largest absolute Gasteiger partial charge is 0.417 e. The molecule has 0 spiro atoms. The minimum absolute atomic E-state index is 0.159. The van der Waals surface area contributed by atoms with Crippen molar-refractivity contribution in [1.82, 2.24) is 0 Å². The van der Waals surface area contributed by atoms with E-state index in [4.69, 9.17) is 0 Å². The number of alkyl halides is 12. The van der Waals surface area contributed by atoms with E-state index >= 15 is 0 Å². The molecule has 0 saturated carbocycles. The van der Waals surface area contributed by atoms with E-state index in [2.05, 4.69) is 9.98 Å². The number of allylic oxidation sites excluding steroid dienone is 4. The number of hydrogen-bond donors (Lipinski definition) is 0. The van der Waals surface area contributed by atoms with Crippen LogP contribution in [0.25, 0.3) is 5.57 Å². The van der Waals surface area contributed by atoms with Gasteiger partial charge in [0, 0.05) is 34.1 Å². The molecule has 0 saturated heterocycles. The van der Waals surface area contributed by atoms with E-state index in [0.29, 0.717) is 12.1 Å². The molecule has 0 aliphatic heterocycles. The summed E-state index contributed by atoms with van der Waals surface area (Å²) in [5.41, 5.74) is -12.4. The number of rotatable bonds is 0. The molecule has 5 rings (SSSR count). The summed E-state index contributed by atoms with van der Waals surface area (Å²) in [4.78, 5) is 6.76. The van der Waals surface area contributed by atoms with Crippen LogP contribution in [0, 0.1) is 28.8 Å². The van der Waals surface area contributed by atoms with Crippen LogP contribution in [-0.2, 0) is 24.7 Å². The molecule has 0 aromatic heterocycles. The molecule has 0 N–H and O–H groups in total. The third-order valence-electron chi connectivity index (χ3n) is 6.99. The lowest BCUT2D eigenvalue weighted by Gasteiger charge is -2.24. The Bertz CT molecular complexity index is 1750. The van der Waals surface area contributed by atoms with Crippen molar-refractivity contribution in [2.24, 2.45) is 15.9 Å². The molecule has 42 heavy (non-hydrogen) atoms. The van der Waals surface area contributed by atoms with Gasteiger partial charge in [0.2, 0.25) is 12.4 Å². The van der Waals surface area contributed by atoms with Gasteiger partial charge in [0.15, 0.2) is 0 Å². The first-order chi connectivity index (χ1) is 19.3. The van der Waals surface area contributed by atoms with Crippen LogP contribution in [0.3, 0.4) is 0 Å². The molecule has 0 radical (unpaired) electrons. The fourth-order valence-corrected chi connectivity index (χ4v) is 5.49. The third-order valence-corrected chi connectivity index (χ3v) is 6.99. The highest BCUT2D eigenvalue weighted by molar-refractivity contribution is 6.31. The van der Waals surface area contributed by atoms with Gasteiger partial charge in [0.05, 0.1) is 33.7 Å². The number of hydrogen-bond acceptors (Lipinski definition) is 4. The van der Waals surface area contributed by atoms with Gasteiger partial charge in [-0.2, -0.15) is 73.2 Å². The van der Waals surface area contributed by atoms with Crippen molar-refractivity contribution >= 4 is 17.0 Å². The van der Waals surface area contributed by atoms with Crippen LogP contribution in [0.2, 0.25) is 0 Å². The van der Waals surface area contributed by atoms with Gasteiger partial charge in [-0.3, -0.25) is 0 Å². The molecule has 0 bridgehead atoms. The normalized spacial score (nSPS) is 21.7. The molecule has 2 unspecified atom stereocenters. The Labute approximate surface area is 226 Å². The second-order valence-electron chi connectivity index (χ2n) is 9.29. The topological polar surface area (TPSA) is 72.3 Å². The van der Waals surface area contributed by atoms with Crippen molar-refractivity contribution in [2.45, 2.75) is 30.6 Å². The average Bonchev–Trinajstić information content (AvgIpc) is 3.32. The van der Waals surface area contributed by atoms with Crippen LogP contribution in [0.5, 0.6) is 0 Å². The van der Waals surface area contributed by atoms with Crippen molar-refractivity contribution in [3.8, 4) is 12.4 Å². The maximum Gasteiger partial charge on any atom is 0.417 e. The monoisotopic (exact) mass is 604 g/mol. The molecule has 4 nitrogen and oxygen atoms in total. The number of nitrogens with zero attached hydrogens (tertiary/aromatic N) is 4. The Hall–Kier alpha value is -4.60. The van der Waals surface area contributed by atoms with Gasteiger partial charge in [-0.05, 0) is 35.4 Å². The average molecular weight is 604 g/mol. The van der Waals surface area contributed by atoms with E-state index in [1.165, 1.54) is 12.4 Å². The minimum Gasteiger partial charge on any atom is -0.177 e. The molecule has 216 valence electrons. The van der Waals surface area contributed by atoms with Crippen molar-refractivity contribution in [2.75, 3.05) is 0 Å². The van der Waals surface area contributed by atoms with Crippen LogP contribution in [0.15, 0.2) is 52.0 Å².